The third-order valence-electron chi connectivity index (χ3n) is 3.33. The quantitative estimate of drug-likeness (QED) is 0.834. The zero-order valence-corrected chi connectivity index (χ0v) is 15.3. The lowest BCUT2D eigenvalue weighted by atomic mass is 10.1. The van der Waals surface area contributed by atoms with E-state index >= 15 is 0 Å². The van der Waals surface area contributed by atoms with Gasteiger partial charge in [0, 0.05) is 26.2 Å². The Morgan fingerprint density at radius 1 is 1.25 bits per heavy atom. The molecule has 1 unspecified atom stereocenters. The van der Waals surface area contributed by atoms with E-state index in [0.29, 0.717) is 19.5 Å². The van der Waals surface area contributed by atoms with Crippen molar-refractivity contribution < 1.29 is 23.9 Å². The molecule has 8 heteroatoms. The summed E-state index contributed by atoms with van der Waals surface area (Å²) in [6, 6.07) is -0.651. The first-order valence-corrected chi connectivity index (χ1v) is 8.39. The first-order valence-electron chi connectivity index (χ1n) is 8.39. The Hall–Kier alpha value is -1.83. The number of carbonyl (C=O) groups is 3. The Labute approximate surface area is 143 Å². The molecule has 0 aromatic carbocycles. The molecule has 0 aromatic rings. The Balaban J connectivity index is 2.75. The minimum atomic E-state index is -0.652. The smallest absolute Gasteiger partial charge is 0.416 e. The van der Waals surface area contributed by atoms with E-state index in [1.54, 1.807) is 27.7 Å². The summed E-state index contributed by atoms with van der Waals surface area (Å²) in [7, 11) is 0. The molecule has 1 N–H and O–H groups in total. The molecule has 138 valence electrons. The van der Waals surface area contributed by atoms with Gasteiger partial charge in [0.2, 0.25) is 0 Å². The molecule has 1 atom stereocenters. The number of amides is 3. The van der Waals surface area contributed by atoms with Crippen molar-refractivity contribution in [3.63, 3.8) is 0 Å². The summed E-state index contributed by atoms with van der Waals surface area (Å²) in [4.78, 5) is 39.4. The zero-order chi connectivity index (χ0) is 18.3. The molecule has 1 saturated heterocycles. The summed E-state index contributed by atoms with van der Waals surface area (Å²) in [6.45, 7) is 10.5. The van der Waals surface area contributed by atoms with Crippen molar-refractivity contribution >= 4 is 18.1 Å². The molecule has 1 rings (SSSR count). The fraction of sp³-hybridized carbons (Fsp3) is 0.812. The number of imide groups is 1. The van der Waals surface area contributed by atoms with Crippen molar-refractivity contribution in [2.24, 2.45) is 0 Å². The average molecular weight is 343 g/mol. The molecule has 0 bridgehead atoms. The molecule has 0 saturated carbocycles. The topological polar surface area (TPSA) is 88.2 Å². The van der Waals surface area contributed by atoms with Gasteiger partial charge in [-0.15, -0.1) is 0 Å². The van der Waals surface area contributed by atoms with Gasteiger partial charge in [0.05, 0.1) is 6.61 Å². The van der Waals surface area contributed by atoms with Crippen LogP contribution >= 0.6 is 0 Å². The number of carbonyl (C=O) groups excluding carboxylic acids is 3. The van der Waals surface area contributed by atoms with Crippen LogP contribution in [0.25, 0.3) is 0 Å². The molecule has 1 fully saturated rings. The molecule has 0 radical (unpaired) electrons. The predicted molar refractivity (Wildman–Crippen MR) is 88.6 cm³/mol. The maximum Gasteiger partial charge on any atom is 0.416 e. The molecule has 1 heterocycles. The Morgan fingerprint density at radius 2 is 1.92 bits per heavy atom. The number of piperazine rings is 1. The highest BCUT2D eigenvalue weighted by molar-refractivity contribution is 5.95. The van der Waals surface area contributed by atoms with Crippen molar-refractivity contribution in [2.45, 2.75) is 52.7 Å². The molecular weight excluding hydrogens is 314 g/mol. The van der Waals surface area contributed by atoms with Gasteiger partial charge in [-0.2, -0.15) is 0 Å². The van der Waals surface area contributed by atoms with Crippen LogP contribution in [0.15, 0.2) is 0 Å². The fourth-order valence-corrected chi connectivity index (χ4v) is 2.31. The number of rotatable bonds is 4. The van der Waals surface area contributed by atoms with Crippen LogP contribution in [0.2, 0.25) is 0 Å². The Bertz CT molecular complexity index is 461. The van der Waals surface area contributed by atoms with Gasteiger partial charge in [0.1, 0.15) is 11.6 Å². The van der Waals surface area contributed by atoms with Gasteiger partial charge in [-0.25, -0.2) is 14.5 Å². The fourth-order valence-electron chi connectivity index (χ4n) is 2.31. The van der Waals surface area contributed by atoms with E-state index in [1.807, 2.05) is 6.92 Å². The molecule has 24 heavy (non-hydrogen) atoms. The molecule has 0 spiro atoms. The number of ether oxygens (including phenoxy) is 2. The molecular formula is C16H29N3O5. The van der Waals surface area contributed by atoms with Crippen LogP contribution in [0.1, 0.15) is 41.0 Å². The normalized spacial score (nSPS) is 18.0. The van der Waals surface area contributed by atoms with Crippen molar-refractivity contribution in [1.82, 2.24) is 15.1 Å². The third-order valence-corrected chi connectivity index (χ3v) is 3.33. The number of nitrogens with one attached hydrogen (secondary N) is 1. The van der Waals surface area contributed by atoms with Crippen molar-refractivity contribution in [2.75, 3.05) is 32.8 Å². The van der Waals surface area contributed by atoms with Crippen LogP contribution in [0.3, 0.4) is 0 Å². The lowest BCUT2D eigenvalue weighted by molar-refractivity contribution is -0.132. The maximum atomic E-state index is 12.6. The molecule has 0 aliphatic carbocycles. The highest BCUT2D eigenvalue weighted by Crippen LogP contribution is 2.12. The number of nitrogens with zero attached hydrogens (tertiary/aromatic N) is 2. The minimum absolute atomic E-state index is 0.160. The largest absolute Gasteiger partial charge is 0.449 e. The second-order valence-corrected chi connectivity index (χ2v) is 6.62. The van der Waals surface area contributed by atoms with Gasteiger partial charge in [-0.1, -0.05) is 6.92 Å². The summed E-state index contributed by atoms with van der Waals surface area (Å²) in [5, 5.41) is 3.05. The number of hydrogen-bond acceptors (Lipinski definition) is 6. The van der Waals surface area contributed by atoms with E-state index < -0.39 is 23.8 Å². The number of hydrogen-bond donors (Lipinski definition) is 1. The van der Waals surface area contributed by atoms with Gasteiger partial charge in [0.25, 0.3) is 5.91 Å². The first kappa shape index (κ1) is 20.2. The van der Waals surface area contributed by atoms with E-state index in [2.05, 4.69) is 5.32 Å². The van der Waals surface area contributed by atoms with E-state index in [4.69, 9.17) is 9.47 Å². The van der Waals surface area contributed by atoms with Crippen LogP contribution in [0.4, 0.5) is 9.59 Å². The van der Waals surface area contributed by atoms with Gasteiger partial charge < -0.3 is 19.7 Å². The van der Waals surface area contributed by atoms with Crippen molar-refractivity contribution in [1.29, 1.82) is 0 Å². The average Bonchev–Trinajstić information content (AvgIpc) is 2.50. The molecule has 3 amide bonds. The minimum Gasteiger partial charge on any atom is -0.449 e. The first-order chi connectivity index (χ1) is 11.2. The van der Waals surface area contributed by atoms with Crippen LogP contribution in [-0.4, -0.2) is 72.3 Å². The van der Waals surface area contributed by atoms with Crippen molar-refractivity contribution in [3.8, 4) is 0 Å². The van der Waals surface area contributed by atoms with Gasteiger partial charge in [-0.05, 0) is 34.1 Å². The van der Waals surface area contributed by atoms with Gasteiger partial charge in [0.15, 0.2) is 0 Å². The molecule has 1 aliphatic heterocycles. The van der Waals surface area contributed by atoms with E-state index in [9.17, 15) is 14.4 Å². The van der Waals surface area contributed by atoms with Crippen LogP contribution < -0.4 is 5.32 Å². The van der Waals surface area contributed by atoms with Crippen LogP contribution in [0.5, 0.6) is 0 Å². The van der Waals surface area contributed by atoms with Crippen LogP contribution in [0, 0.1) is 0 Å². The van der Waals surface area contributed by atoms with Crippen LogP contribution in [-0.2, 0) is 14.3 Å². The Kier molecular flexibility index (Phi) is 7.47. The lowest BCUT2D eigenvalue weighted by Gasteiger charge is -2.35. The van der Waals surface area contributed by atoms with E-state index in [-0.39, 0.29) is 25.6 Å². The monoisotopic (exact) mass is 343 g/mol. The summed E-state index contributed by atoms with van der Waals surface area (Å²) in [6.07, 6.45) is -0.479. The second-order valence-electron chi connectivity index (χ2n) is 6.62. The standard InChI is InChI=1S/C16H29N3O5/c1-6-9-19(15(22)23-7-2)13(20)12-11-18(10-8-17-12)14(21)24-16(3,4)5/h12,17H,6-11H2,1-5H3. The molecule has 1 aliphatic rings. The van der Waals surface area contributed by atoms with E-state index in [1.165, 1.54) is 4.90 Å². The van der Waals surface area contributed by atoms with Gasteiger partial charge in [-0.3, -0.25) is 4.79 Å². The summed E-state index contributed by atoms with van der Waals surface area (Å²) in [5.74, 6) is -0.386. The molecule has 0 aromatic heterocycles. The maximum absolute atomic E-state index is 12.6. The molecule has 8 nitrogen and oxygen atoms in total. The summed E-state index contributed by atoms with van der Waals surface area (Å²) < 4.78 is 10.3. The van der Waals surface area contributed by atoms with E-state index in [0.717, 1.165) is 4.90 Å². The summed E-state index contributed by atoms with van der Waals surface area (Å²) >= 11 is 0. The zero-order valence-electron chi connectivity index (χ0n) is 15.3. The highest BCUT2D eigenvalue weighted by Gasteiger charge is 2.35. The highest BCUT2D eigenvalue weighted by atomic mass is 16.6. The van der Waals surface area contributed by atoms with Crippen molar-refractivity contribution in [3.05, 3.63) is 0 Å². The van der Waals surface area contributed by atoms with Gasteiger partial charge >= 0.3 is 12.2 Å². The lowest BCUT2D eigenvalue weighted by Crippen LogP contribution is -2.60. The SMILES string of the molecule is CCCN(C(=O)OCC)C(=O)C1CN(C(=O)OC(C)(C)C)CCN1. The predicted octanol–water partition coefficient (Wildman–Crippen LogP) is 1.59. The summed E-state index contributed by atoms with van der Waals surface area (Å²) in [5.41, 5.74) is -0.597. The second kappa shape index (κ2) is 8.86. The Morgan fingerprint density at radius 3 is 2.46 bits per heavy atom. The third kappa shape index (κ3) is 5.99.